The summed E-state index contributed by atoms with van der Waals surface area (Å²) in [4.78, 5) is 0. The van der Waals surface area contributed by atoms with E-state index in [2.05, 4.69) is 60.1 Å². The van der Waals surface area contributed by atoms with Crippen LogP contribution in [0.25, 0.3) is 24.3 Å². The Morgan fingerprint density at radius 2 is 1.33 bits per heavy atom. The van der Waals surface area contributed by atoms with Crippen LogP contribution in [0.1, 0.15) is 35.0 Å². The molecule has 0 saturated heterocycles. The fourth-order valence-electron chi connectivity index (χ4n) is 2.87. The van der Waals surface area contributed by atoms with Gasteiger partial charge in [-0.2, -0.15) is 9.83 Å². The standard InChI is InChI=1S/C24H21N3/c1-2-27-23(16-12-19-6-8-21(18-25)9-7-19)4-3-5-24(27)17-13-20-10-14-22(26)15-11-20/h3-17,26H,2H2,1H3/p+1/b16-12+. The second-order valence-corrected chi connectivity index (χ2v) is 6.19. The molecule has 0 spiro atoms. The van der Waals surface area contributed by atoms with Crippen molar-refractivity contribution in [3.05, 3.63) is 94.8 Å². The van der Waals surface area contributed by atoms with E-state index in [1.807, 2.05) is 48.5 Å². The fourth-order valence-corrected chi connectivity index (χ4v) is 2.87. The van der Waals surface area contributed by atoms with Crippen LogP contribution in [0.15, 0.2) is 66.7 Å². The Hall–Kier alpha value is -3.64. The van der Waals surface area contributed by atoms with Gasteiger partial charge in [0, 0.05) is 30.0 Å². The van der Waals surface area contributed by atoms with Crippen molar-refractivity contribution >= 4 is 30.0 Å². The summed E-state index contributed by atoms with van der Waals surface area (Å²) in [6.07, 6.45) is 8.38. The highest BCUT2D eigenvalue weighted by molar-refractivity contribution is 5.69. The molecule has 2 N–H and O–H groups in total. The summed E-state index contributed by atoms with van der Waals surface area (Å²) in [7, 11) is 0. The molecule has 3 aromatic rings. The zero-order valence-corrected chi connectivity index (χ0v) is 15.3. The van der Waals surface area contributed by atoms with Gasteiger partial charge in [0.1, 0.15) is 6.54 Å². The largest absolute Gasteiger partial charge is 0.399 e. The lowest BCUT2D eigenvalue weighted by atomic mass is 10.1. The number of aromatic nitrogens is 1. The number of nitriles is 1. The number of rotatable bonds is 5. The predicted molar refractivity (Wildman–Crippen MR) is 112 cm³/mol. The van der Waals surface area contributed by atoms with E-state index in [1.165, 1.54) is 0 Å². The molecule has 2 aromatic carbocycles. The number of hydrogen-bond donors (Lipinski definition) is 1. The first kappa shape index (κ1) is 18.2. The van der Waals surface area contributed by atoms with E-state index in [-0.39, 0.29) is 0 Å². The van der Waals surface area contributed by atoms with Gasteiger partial charge in [0.05, 0.1) is 11.6 Å². The van der Waals surface area contributed by atoms with Crippen LogP contribution < -0.4 is 10.3 Å². The molecule has 0 aliphatic rings. The average molecular weight is 352 g/mol. The Morgan fingerprint density at radius 1 is 0.815 bits per heavy atom. The van der Waals surface area contributed by atoms with E-state index in [9.17, 15) is 0 Å². The number of anilines is 1. The van der Waals surface area contributed by atoms with Gasteiger partial charge in [-0.15, -0.1) is 0 Å². The lowest BCUT2D eigenvalue weighted by molar-refractivity contribution is -0.696. The van der Waals surface area contributed by atoms with Gasteiger partial charge in [0.25, 0.3) is 0 Å². The summed E-state index contributed by atoms with van der Waals surface area (Å²) in [6.45, 7) is 3.01. The number of nitrogens with zero attached hydrogens (tertiary/aromatic N) is 2. The van der Waals surface area contributed by atoms with Crippen molar-refractivity contribution in [2.75, 3.05) is 5.73 Å². The van der Waals surface area contributed by atoms with Crippen LogP contribution in [0.3, 0.4) is 0 Å². The fraction of sp³-hybridized carbons (Fsp3) is 0.0833. The third kappa shape index (κ3) is 4.71. The molecule has 1 aromatic heterocycles. The Labute approximate surface area is 160 Å². The first-order valence-corrected chi connectivity index (χ1v) is 8.94. The summed E-state index contributed by atoms with van der Waals surface area (Å²) in [5.74, 6) is 0. The molecule has 27 heavy (non-hydrogen) atoms. The van der Waals surface area contributed by atoms with Gasteiger partial charge in [-0.05, 0) is 60.5 Å². The van der Waals surface area contributed by atoms with Crippen LogP contribution in [0, 0.1) is 11.3 Å². The molecule has 0 fully saturated rings. The van der Waals surface area contributed by atoms with Gasteiger partial charge in [0.2, 0.25) is 11.4 Å². The number of benzene rings is 2. The molecule has 0 amide bonds. The molecule has 0 atom stereocenters. The zero-order valence-electron chi connectivity index (χ0n) is 15.3. The molecule has 0 unspecified atom stereocenters. The summed E-state index contributed by atoms with van der Waals surface area (Å²) < 4.78 is 2.26. The first-order chi connectivity index (χ1) is 13.2. The molecule has 0 saturated carbocycles. The van der Waals surface area contributed by atoms with E-state index in [1.54, 1.807) is 0 Å². The minimum absolute atomic E-state index is 0.672. The SMILES string of the molecule is CC[n+]1c(/C=C/c2ccc(N)cc2)cccc1/C=C/c1ccc(C#N)cc1. The van der Waals surface area contributed by atoms with E-state index >= 15 is 0 Å². The van der Waals surface area contributed by atoms with Gasteiger partial charge < -0.3 is 5.73 Å². The molecule has 1 heterocycles. The van der Waals surface area contributed by atoms with Gasteiger partial charge in [-0.1, -0.05) is 24.3 Å². The first-order valence-electron chi connectivity index (χ1n) is 8.94. The lowest BCUT2D eigenvalue weighted by Gasteiger charge is -2.02. The van der Waals surface area contributed by atoms with Crippen LogP contribution in [0.5, 0.6) is 0 Å². The van der Waals surface area contributed by atoms with Crippen molar-refractivity contribution in [2.24, 2.45) is 0 Å². The molecule has 0 radical (unpaired) electrons. The minimum Gasteiger partial charge on any atom is -0.399 e. The second kappa shape index (κ2) is 8.64. The molecule has 3 rings (SSSR count). The Kier molecular flexibility index (Phi) is 5.81. The zero-order chi connectivity index (χ0) is 19.1. The van der Waals surface area contributed by atoms with E-state index in [0.717, 1.165) is 34.7 Å². The minimum atomic E-state index is 0.672. The molecule has 3 nitrogen and oxygen atoms in total. The van der Waals surface area contributed by atoms with Gasteiger partial charge in [-0.3, -0.25) is 0 Å². The molecular formula is C24H22N3+. The Morgan fingerprint density at radius 3 is 1.81 bits per heavy atom. The van der Waals surface area contributed by atoms with E-state index in [4.69, 9.17) is 11.0 Å². The monoisotopic (exact) mass is 352 g/mol. The van der Waals surface area contributed by atoms with Crippen molar-refractivity contribution in [3.63, 3.8) is 0 Å². The summed E-state index contributed by atoms with van der Waals surface area (Å²) >= 11 is 0. The average Bonchev–Trinajstić information content (AvgIpc) is 2.72. The van der Waals surface area contributed by atoms with Crippen LogP contribution >= 0.6 is 0 Å². The lowest BCUT2D eigenvalue weighted by Crippen LogP contribution is -2.38. The summed E-state index contributed by atoms with van der Waals surface area (Å²) in [5.41, 5.74) is 11.6. The highest BCUT2D eigenvalue weighted by Gasteiger charge is 2.10. The van der Waals surface area contributed by atoms with Crippen LogP contribution in [0.4, 0.5) is 5.69 Å². The van der Waals surface area contributed by atoms with Crippen molar-refractivity contribution in [1.29, 1.82) is 5.26 Å². The number of pyridine rings is 1. The van der Waals surface area contributed by atoms with Crippen LogP contribution in [0.2, 0.25) is 0 Å². The highest BCUT2D eigenvalue weighted by Crippen LogP contribution is 2.11. The van der Waals surface area contributed by atoms with Crippen molar-refractivity contribution in [1.82, 2.24) is 0 Å². The number of nitrogens with two attached hydrogens (primary N) is 1. The quantitative estimate of drug-likeness (QED) is 0.530. The number of hydrogen-bond acceptors (Lipinski definition) is 2. The summed E-state index contributed by atoms with van der Waals surface area (Å²) in [5, 5.41) is 8.90. The van der Waals surface area contributed by atoms with Gasteiger partial charge in [-0.25, -0.2) is 0 Å². The van der Waals surface area contributed by atoms with E-state index in [0.29, 0.717) is 5.56 Å². The molecule has 0 aliphatic heterocycles. The van der Waals surface area contributed by atoms with Gasteiger partial charge in [0.15, 0.2) is 0 Å². The van der Waals surface area contributed by atoms with Crippen LogP contribution in [-0.2, 0) is 6.54 Å². The van der Waals surface area contributed by atoms with Crippen molar-refractivity contribution in [2.45, 2.75) is 13.5 Å². The van der Waals surface area contributed by atoms with Crippen LogP contribution in [-0.4, -0.2) is 0 Å². The smallest absolute Gasteiger partial charge is 0.205 e. The van der Waals surface area contributed by atoms with Crippen molar-refractivity contribution < 1.29 is 4.57 Å². The third-order valence-corrected chi connectivity index (χ3v) is 4.34. The normalized spacial score (nSPS) is 11.1. The van der Waals surface area contributed by atoms with E-state index < -0.39 is 0 Å². The summed E-state index contributed by atoms with van der Waals surface area (Å²) in [6, 6.07) is 23.8. The predicted octanol–water partition coefficient (Wildman–Crippen LogP) is 4.79. The highest BCUT2D eigenvalue weighted by atomic mass is 15.0. The molecular weight excluding hydrogens is 330 g/mol. The Balaban J connectivity index is 1.86. The number of nitrogen functional groups attached to an aromatic ring is 1. The van der Waals surface area contributed by atoms with Gasteiger partial charge >= 0.3 is 0 Å². The van der Waals surface area contributed by atoms with Crippen molar-refractivity contribution in [3.8, 4) is 6.07 Å². The maximum absolute atomic E-state index is 8.90. The molecule has 0 bridgehead atoms. The second-order valence-electron chi connectivity index (χ2n) is 6.19. The third-order valence-electron chi connectivity index (χ3n) is 4.34. The Bertz CT molecular complexity index is 1000. The topological polar surface area (TPSA) is 53.7 Å². The maximum Gasteiger partial charge on any atom is 0.205 e. The molecule has 0 aliphatic carbocycles. The molecule has 132 valence electrons. The molecule has 3 heteroatoms. The maximum atomic E-state index is 8.90.